The lowest BCUT2D eigenvalue weighted by Crippen LogP contribution is -2.44. The summed E-state index contributed by atoms with van der Waals surface area (Å²) in [6, 6.07) is 12.8. The Balaban J connectivity index is 1.44. The second-order valence-corrected chi connectivity index (χ2v) is 6.93. The molecule has 27 heavy (non-hydrogen) atoms. The highest BCUT2D eigenvalue weighted by Crippen LogP contribution is 2.20. The highest BCUT2D eigenvalue weighted by molar-refractivity contribution is 5.80. The molecule has 1 aromatic carbocycles. The van der Waals surface area contributed by atoms with Crippen LogP contribution >= 0.6 is 0 Å². The number of anilines is 1. The van der Waals surface area contributed by atoms with Crippen LogP contribution in [0.15, 0.2) is 47.6 Å². The average molecular weight is 365 g/mol. The molecule has 2 aliphatic rings. The molecule has 0 amide bonds. The van der Waals surface area contributed by atoms with Crippen molar-refractivity contribution >= 4 is 11.8 Å². The summed E-state index contributed by atoms with van der Waals surface area (Å²) in [5.41, 5.74) is 4.03. The molecule has 0 radical (unpaired) electrons. The van der Waals surface area contributed by atoms with Gasteiger partial charge < -0.3 is 19.9 Å². The molecular formula is C21H27N5O. The molecule has 3 heterocycles. The normalized spacial score (nSPS) is 17.6. The maximum Gasteiger partial charge on any atom is 0.194 e. The average Bonchev–Trinajstić information content (AvgIpc) is 2.75. The Kier molecular flexibility index (Phi) is 5.53. The molecule has 0 saturated carbocycles. The third-order valence-corrected chi connectivity index (χ3v) is 5.26. The van der Waals surface area contributed by atoms with Gasteiger partial charge in [0.05, 0.1) is 13.2 Å². The van der Waals surface area contributed by atoms with Crippen LogP contribution in [0.1, 0.15) is 16.7 Å². The summed E-state index contributed by atoms with van der Waals surface area (Å²) >= 11 is 0. The zero-order valence-corrected chi connectivity index (χ0v) is 15.9. The lowest BCUT2D eigenvalue weighted by molar-refractivity contribution is 0.122. The molecule has 1 fully saturated rings. The van der Waals surface area contributed by atoms with Crippen LogP contribution in [-0.4, -0.2) is 55.7 Å². The first-order chi connectivity index (χ1) is 13.3. The van der Waals surface area contributed by atoms with Crippen LogP contribution in [0.5, 0.6) is 0 Å². The molecule has 2 aliphatic heterocycles. The predicted molar refractivity (Wildman–Crippen MR) is 108 cm³/mol. The number of hydrogen-bond acceptors (Lipinski definition) is 4. The van der Waals surface area contributed by atoms with Crippen LogP contribution in [0, 0.1) is 0 Å². The molecule has 142 valence electrons. The third-order valence-electron chi connectivity index (χ3n) is 5.26. The van der Waals surface area contributed by atoms with Crippen molar-refractivity contribution in [3.8, 4) is 0 Å². The summed E-state index contributed by atoms with van der Waals surface area (Å²) in [7, 11) is 1.86. The maximum absolute atomic E-state index is 5.47. The van der Waals surface area contributed by atoms with Gasteiger partial charge in [0.25, 0.3) is 0 Å². The second-order valence-electron chi connectivity index (χ2n) is 6.93. The summed E-state index contributed by atoms with van der Waals surface area (Å²) in [6.07, 6.45) is 2.92. The van der Waals surface area contributed by atoms with Gasteiger partial charge in [0.2, 0.25) is 0 Å². The molecule has 0 spiro atoms. The van der Waals surface area contributed by atoms with Gasteiger partial charge in [-0.2, -0.15) is 0 Å². The first-order valence-electron chi connectivity index (χ1n) is 9.64. The van der Waals surface area contributed by atoms with E-state index in [9.17, 15) is 0 Å². The topological polar surface area (TPSA) is 53.0 Å². The van der Waals surface area contributed by atoms with E-state index in [-0.39, 0.29) is 0 Å². The van der Waals surface area contributed by atoms with Gasteiger partial charge in [0.15, 0.2) is 5.96 Å². The van der Waals surface area contributed by atoms with E-state index in [2.05, 4.69) is 55.4 Å². The minimum atomic E-state index is 0.714. The third kappa shape index (κ3) is 4.06. The van der Waals surface area contributed by atoms with E-state index >= 15 is 0 Å². The van der Waals surface area contributed by atoms with Crippen LogP contribution in [0.2, 0.25) is 0 Å². The lowest BCUT2D eigenvalue weighted by atomic mass is 10.0. The number of aliphatic imine (C=N–C) groups is 1. The van der Waals surface area contributed by atoms with Crippen LogP contribution < -0.4 is 10.2 Å². The Morgan fingerprint density at radius 1 is 1.11 bits per heavy atom. The van der Waals surface area contributed by atoms with Crippen molar-refractivity contribution in [2.24, 2.45) is 4.99 Å². The monoisotopic (exact) mass is 365 g/mol. The number of pyridine rings is 1. The zero-order valence-electron chi connectivity index (χ0n) is 15.9. The molecule has 0 bridgehead atoms. The van der Waals surface area contributed by atoms with Crippen LogP contribution in [0.4, 0.5) is 5.82 Å². The number of aromatic nitrogens is 1. The number of hydrogen-bond donors (Lipinski definition) is 1. The van der Waals surface area contributed by atoms with Crippen molar-refractivity contribution in [3.63, 3.8) is 0 Å². The van der Waals surface area contributed by atoms with E-state index in [4.69, 9.17) is 4.74 Å². The first-order valence-corrected chi connectivity index (χ1v) is 9.64. The number of benzene rings is 1. The first kappa shape index (κ1) is 17.8. The maximum atomic E-state index is 5.47. The summed E-state index contributed by atoms with van der Waals surface area (Å²) in [5, 5.41) is 3.54. The predicted octanol–water partition coefficient (Wildman–Crippen LogP) is 2.05. The fourth-order valence-corrected chi connectivity index (χ4v) is 3.81. The van der Waals surface area contributed by atoms with Crippen molar-refractivity contribution in [2.75, 3.05) is 44.8 Å². The van der Waals surface area contributed by atoms with Crippen LogP contribution in [0.3, 0.4) is 0 Å². The minimum absolute atomic E-state index is 0.714. The molecular weight excluding hydrogens is 338 g/mol. The van der Waals surface area contributed by atoms with Crippen molar-refractivity contribution in [3.05, 3.63) is 59.3 Å². The molecule has 6 heteroatoms. The standard InChI is InChI=1S/C21H27N5O/c1-22-21(26-10-8-17-5-2-3-6-19(17)16-26)24-15-18-7-4-9-23-20(18)25-11-13-27-14-12-25/h2-7,9H,8,10-16H2,1H3,(H,22,24). The molecule has 1 aromatic heterocycles. The van der Waals surface area contributed by atoms with Gasteiger partial charge in [-0.05, 0) is 23.6 Å². The molecule has 1 saturated heterocycles. The quantitative estimate of drug-likeness (QED) is 0.666. The number of nitrogens with zero attached hydrogens (tertiary/aromatic N) is 4. The van der Waals surface area contributed by atoms with E-state index in [1.54, 1.807) is 0 Å². The molecule has 6 nitrogen and oxygen atoms in total. The SMILES string of the molecule is CN=C(NCc1cccnc1N1CCOCC1)N1CCc2ccccc2C1. The lowest BCUT2D eigenvalue weighted by Gasteiger charge is -2.32. The zero-order chi connectivity index (χ0) is 18.5. The smallest absolute Gasteiger partial charge is 0.194 e. The summed E-state index contributed by atoms with van der Waals surface area (Å²) in [4.78, 5) is 13.8. The Labute approximate surface area is 160 Å². The van der Waals surface area contributed by atoms with Crippen LogP contribution in [-0.2, 0) is 24.2 Å². The Morgan fingerprint density at radius 3 is 2.74 bits per heavy atom. The molecule has 0 unspecified atom stereocenters. The van der Waals surface area contributed by atoms with E-state index < -0.39 is 0 Å². The van der Waals surface area contributed by atoms with Gasteiger partial charge in [-0.25, -0.2) is 4.98 Å². The van der Waals surface area contributed by atoms with Gasteiger partial charge in [-0.1, -0.05) is 30.3 Å². The highest BCUT2D eigenvalue weighted by Gasteiger charge is 2.20. The largest absolute Gasteiger partial charge is 0.378 e. The van der Waals surface area contributed by atoms with E-state index in [0.717, 1.165) is 57.6 Å². The van der Waals surface area contributed by atoms with E-state index in [0.29, 0.717) is 6.54 Å². The fraction of sp³-hybridized carbons (Fsp3) is 0.429. The Bertz CT molecular complexity index is 801. The summed E-state index contributed by atoms with van der Waals surface area (Å²) in [5.74, 6) is 1.99. The number of rotatable bonds is 3. The molecule has 2 aromatic rings. The van der Waals surface area contributed by atoms with Crippen molar-refractivity contribution in [1.29, 1.82) is 0 Å². The van der Waals surface area contributed by atoms with Crippen molar-refractivity contribution < 1.29 is 4.74 Å². The van der Waals surface area contributed by atoms with E-state index in [1.807, 2.05) is 19.3 Å². The highest BCUT2D eigenvalue weighted by atomic mass is 16.5. The summed E-state index contributed by atoms with van der Waals surface area (Å²) < 4.78 is 5.47. The number of guanidine groups is 1. The molecule has 4 rings (SSSR count). The molecule has 1 N–H and O–H groups in total. The second kappa shape index (κ2) is 8.39. The van der Waals surface area contributed by atoms with E-state index in [1.165, 1.54) is 16.7 Å². The Hall–Kier alpha value is -2.60. The molecule has 0 aliphatic carbocycles. The fourth-order valence-electron chi connectivity index (χ4n) is 3.81. The number of morpholine rings is 1. The Morgan fingerprint density at radius 2 is 1.93 bits per heavy atom. The number of ether oxygens (including phenoxy) is 1. The van der Waals surface area contributed by atoms with Gasteiger partial charge in [-0.15, -0.1) is 0 Å². The molecule has 0 atom stereocenters. The summed E-state index contributed by atoms with van der Waals surface area (Å²) in [6.45, 7) is 5.91. The number of nitrogens with one attached hydrogen (secondary N) is 1. The van der Waals surface area contributed by atoms with Gasteiger partial charge >= 0.3 is 0 Å². The van der Waals surface area contributed by atoms with Crippen LogP contribution in [0.25, 0.3) is 0 Å². The van der Waals surface area contributed by atoms with Crippen molar-refractivity contribution in [2.45, 2.75) is 19.5 Å². The van der Waals surface area contributed by atoms with Gasteiger partial charge in [0, 0.05) is 51.5 Å². The number of fused-ring (bicyclic) bond motifs is 1. The van der Waals surface area contributed by atoms with Crippen molar-refractivity contribution in [1.82, 2.24) is 15.2 Å². The minimum Gasteiger partial charge on any atom is -0.378 e. The van der Waals surface area contributed by atoms with Gasteiger partial charge in [0.1, 0.15) is 5.82 Å². The van der Waals surface area contributed by atoms with Gasteiger partial charge in [-0.3, -0.25) is 4.99 Å².